The average molecular weight is 571 g/mol. The molecule has 0 aliphatic rings. The van der Waals surface area contributed by atoms with E-state index in [1.165, 1.54) is 0 Å². The number of hydrogen-bond acceptors (Lipinski definition) is 4. The number of aliphatic hydroxyl groups is 1. The first-order valence-electron chi connectivity index (χ1n) is 7.78. The molecule has 1 unspecified atom stereocenters. The van der Waals surface area contributed by atoms with E-state index in [4.69, 9.17) is 9.15 Å². The second kappa shape index (κ2) is 12.4. The predicted octanol–water partition coefficient (Wildman–Crippen LogP) is 3.00. The predicted molar refractivity (Wildman–Crippen MR) is 118 cm³/mol. The average Bonchev–Trinajstić information content (AvgIpc) is 3.10. The fourth-order valence-corrected chi connectivity index (χ4v) is 2.26. The first-order valence-corrected chi connectivity index (χ1v) is 8.86. The van der Waals surface area contributed by atoms with E-state index in [-0.39, 0.29) is 30.6 Å². The molecule has 2 aromatic rings. The van der Waals surface area contributed by atoms with Crippen molar-refractivity contribution < 1.29 is 14.3 Å². The molecule has 1 heterocycles. The minimum atomic E-state index is -0.642. The Labute approximate surface area is 178 Å². The molecule has 0 fully saturated rings. The molecule has 0 radical (unpaired) electrons. The minimum Gasteiger partial charge on any atom is -0.491 e. The van der Waals surface area contributed by atoms with Crippen LogP contribution in [0.5, 0.6) is 5.75 Å². The van der Waals surface area contributed by atoms with Gasteiger partial charge in [0.1, 0.15) is 30.8 Å². The van der Waals surface area contributed by atoms with E-state index < -0.39 is 6.10 Å². The molecule has 0 amide bonds. The van der Waals surface area contributed by atoms with Gasteiger partial charge < -0.3 is 24.9 Å². The van der Waals surface area contributed by atoms with Gasteiger partial charge in [0.05, 0.1) is 6.26 Å². The molecule has 0 spiro atoms. The van der Waals surface area contributed by atoms with Crippen LogP contribution < -0.4 is 15.4 Å². The zero-order chi connectivity index (χ0) is 17.2. The fraction of sp³-hybridized carbons (Fsp3) is 0.353. The number of ether oxygens (including phenoxy) is 1. The van der Waals surface area contributed by atoms with Gasteiger partial charge >= 0.3 is 0 Å². The summed E-state index contributed by atoms with van der Waals surface area (Å²) in [4.78, 5) is 4.40. The van der Waals surface area contributed by atoms with Crippen molar-refractivity contribution in [1.29, 1.82) is 0 Å². The van der Waals surface area contributed by atoms with E-state index in [2.05, 4.69) is 38.2 Å². The number of benzene rings is 1. The molecule has 0 bridgehead atoms. The summed E-state index contributed by atoms with van der Waals surface area (Å²) < 4.78 is 12.0. The highest BCUT2D eigenvalue weighted by Crippen LogP contribution is 2.13. The van der Waals surface area contributed by atoms with Crippen molar-refractivity contribution in [1.82, 2.24) is 10.6 Å². The fourth-order valence-electron chi connectivity index (χ4n) is 1.90. The zero-order valence-electron chi connectivity index (χ0n) is 13.9. The smallest absolute Gasteiger partial charge is 0.191 e. The number of hydrogen-bond donors (Lipinski definition) is 3. The van der Waals surface area contributed by atoms with Crippen LogP contribution in [0.3, 0.4) is 0 Å². The number of nitrogens with zero attached hydrogens (tertiary/aromatic N) is 1. The summed E-state index contributed by atoms with van der Waals surface area (Å²) in [6.07, 6.45) is 0.980. The van der Waals surface area contributed by atoms with Gasteiger partial charge in [-0.2, -0.15) is 0 Å². The van der Waals surface area contributed by atoms with Gasteiger partial charge in [-0.25, -0.2) is 4.99 Å². The number of rotatable bonds is 8. The standard InChI is InChI=1S/C17H22IN3O3.HI/c1-2-19-17(21-11-16-4-3-9-23-16)20-10-14(22)12-24-15-7-5-13(18)6-8-15;/h3-9,14,22H,2,10-12H2,1H3,(H2,19,20,21);1H. The monoisotopic (exact) mass is 571 g/mol. The third-order valence-corrected chi connectivity index (χ3v) is 3.80. The molecule has 0 saturated carbocycles. The number of aliphatic hydroxyl groups excluding tert-OH is 1. The Bertz CT molecular complexity index is 619. The lowest BCUT2D eigenvalue weighted by Gasteiger charge is -2.16. The van der Waals surface area contributed by atoms with Crippen LogP contribution in [-0.2, 0) is 6.54 Å². The van der Waals surface area contributed by atoms with Crippen molar-refractivity contribution in [3.8, 4) is 5.75 Å². The molecule has 6 nitrogen and oxygen atoms in total. The van der Waals surface area contributed by atoms with Crippen LogP contribution in [0.1, 0.15) is 12.7 Å². The summed E-state index contributed by atoms with van der Waals surface area (Å²) in [7, 11) is 0. The molecule has 1 aromatic carbocycles. The quantitative estimate of drug-likeness (QED) is 0.258. The molecule has 138 valence electrons. The van der Waals surface area contributed by atoms with Gasteiger partial charge in [0.2, 0.25) is 0 Å². The van der Waals surface area contributed by atoms with Crippen molar-refractivity contribution in [2.24, 2.45) is 4.99 Å². The first kappa shape index (κ1) is 22.0. The number of guanidine groups is 1. The van der Waals surface area contributed by atoms with Gasteiger partial charge in [0.15, 0.2) is 5.96 Å². The van der Waals surface area contributed by atoms with Crippen LogP contribution in [0.25, 0.3) is 0 Å². The normalized spacial score (nSPS) is 12.2. The molecule has 8 heteroatoms. The topological polar surface area (TPSA) is 79.0 Å². The molecule has 0 saturated heterocycles. The van der Waals surface area contributed by atoms with Gasteiger partial charge in [0.25, 0.3) is 0 Å². The van der Waals surface area contributed by atoms with Crippen LogP contribution in [-0.4, -0.2) is 36.9 Å². The van der Waals surface area contributed by atoms with Gasteiger partial charge in [-0.15, -0.1) is 24.0 Å². The summed E-state index contributed by atoms with van der Waals surface area (Å²) in [6, 6.07) is 11.4. The summed E-state index contributed by atoms with van der Waals surface area (Å²) in [5.41, 5.74) is 0. The highest BCUT2D eigenvalue weighted by Gasteiger charge is 2.07. The third-order valence-electron chi connectivity index (χ3n) is 3.08. The molecule has 1 aromatic heterocycles. The lowest BCUT2D eigenvalue weighted by molar-refractivity contribution is 0.110. The Balaban J connectivity index is 0.00000312. The molecule has 1 atom stereocenters. The summed E-state index contributed by atoms with van der Waals surface area (Å²) in [6.45, 7) is 3.72. The maximum absolute atomic E-state index is 10.0. The van der Waals surface area contributed by atoms with Gasteiger partial charge in [0, 0.05) is 16.7 Å². The second-order valence-corrected chi connectivity index (χ2v) is 6.32. The Morgan fingerprint density at radius 3 is 2.68 bits per heavy atom. The third kappa shape index (κ3) is 8.77. The maximum Gasteiger partial charge on any atom is 0.191 e. The van der Waals surface area contributed by atoms with E-state index in [1.807, 2.05) is 43.3 Å². The number of aliphatic imine (C=N–C) groups is 1. The van der Waals surface area contributed by atoms with Crippen molar-refractivity contribution in [2.45, 2.75) is 19.6 Å². The number of halogens is 2. The molecule has 3 N–H and O–H groups in total. The molecule has 25 heavy (non-hydrogen) atoms. The SMILES string of the molecule is CCNC(=NCc1ccco1)NCC(O)COc1ccc(I)cc1.I. The maximum atomic E-state index is 10.0. The Kier molecular flexibility index (Phi) is 10.9. The van der Waals surface area contributed by atoms with Crippen LogP contribution in [0.4, 0.5) is 0 Å². The Morgan fingerprint density at radius 1 is 1.28 bits per heavy atom. The van der Waals surface area contributed by atoms with Crippen molar-refractivity contribution in [3.63, 3.8) is 0 Å². The van der Waals surface area contributed by atoms with Crippen molar-refractivity contribution >= 4 is 52.5 Å². The highest BCUT2D eigenvalue weighted by molar-refractivity contribution is 14.1. The van der Waals surface area contributed by atoms with Crippen LogP contribution in [0.15, 0.2) is 52.1 Å². The zero-order valence-corrected chi connectivity index (χ0v) is 18.4. The lowest BCUT2D eigenvalue weighted by Crippen LogP contribution is -2.42. The highest BCUT2D eigenvalue weighted by atomic mass is 127. The summed E-state index contributed by atoms with van der Waals surface area (Å²) >= 11 is 2.24. The molecule has 0 aliphatic heterocycles. The molecular weight excluding hydrogens is 548 g/mol. The van der Waals surface area contributed by atoms with Crippen LogP contribution in [0, 0.1) is 3.57 Å². The van der Waals surface area contributed by atoms with E-state index in [9.17, 15) is 5.11 Å². The van der Waals surface area contributed by atoms with Gasteiger partial charge in [-0.1, -0.05) is 0 Å². The largest absolute Gasteiger partial charge is 0.491 e. The van der Waals surface area contributed by atoms with Gasteiger partial charge in [-0.05, 0) is 65.9 Å². The van der Waals surface area contributed by atoms with Gasteiger partial charge in [-0.3, -0.25) is 0 Å². The summed E-state index contributed by atoms with van der Waals surface area (Å²) in [5, 5.41) is 16.3. The van der Waals surface area contributed by atoms with E-state index in [1.54, 1.807) is 6.26 Å². The van der Waals surface area contributed by atoms with Crippen LogP contribution >= 0.6 is 46.6 Å². The Hall–Kier alpha value is -1.01. The lowest BCUT2D eigenvalue weighted by atomic mass is 10.3. The molecule has 0 aliphatic carbocycles. The van der Waals surface area contributed by atoms with E-state index in [0.717, 1.165) is 21.6 Å². The minimum absolute atomic E-state index is 0. The molecule has 2 rings (SSSR count). The Morgan fingerprint density at radius 2 is 2.04 bits per heavy atom. The molecular formula is C17H23I2N3O3. The van der Waals surface area contributed by atoms with E-state index in [0.29, 0.717) is 19.0 Å². The van der Waals surface area contributed by atoms with Crippen LogP contribution in [0.2, 0.25) is 0 Å². The number of furan rings is 1. The van der Waals surface area contributed by atoms with E-state index >= 15 is 0 Å². The summed E-state index contributed by atoms with van der Waals surface area (Å²) in [5.74, 6) is 2.16. The second-order valence-electron chi connectivity index (χ2n) is 5.07. The van der Waals surface area contributed by atoms with Crippen molar-refractivity contribution in [3.05, 3.63) is 52.0 Å². The number of nitrogens with one attached hydrogen (secondary N) is 2. The first-order chi connectivity index (χ1) is 11.7. The van der Waals surface area contributed by atoms with Crippen molar-refractivity contribution in [2.75, 3.05) is 19.7 Å².